The first kappa shape index (κ1) is 14.3. The number of aromatic nitrogens is 1. The highest BCUT2D eigenvalue weighted by Gasteiger charge is 2.12. The molecule has 0 aliphatic carbocycles. The third-order valence-electron chi connectivity index (χ3n) is 2.63. The highest BCUT2D eigenvalue weighted by molar-refractivity contribution is 8.93. The zero-order valence-corrected chi connectivity index (χ0v) is 13.4. The van der Waals surface area contributed by atoms with Gasteiger partial charge < -0.3 is 4.42 Å². The maximum Gasteiger partial charge on any atom is 0.162 e. The third-order valence-corrected chi connectivity index (χ3v) is 3.85. The summed E-state index contributed by atoms with van der Waals surface area (Å²) < 4.78 is 5.37. The van der Waals surface area contributed by atoms with Gasteiger partial charge in [0.2, 0.25) is 0 Å². The summed E-state index contributed by atoms with van der Waals surface area (Å²) in [4.78, 5) is 5.79. The first-order chi connectivity index (χ1) is 8.74. The molecular formula is C14H11BrClNOS. The summed E-state index contributed by atoms with van der Waals surface area (Å²) in [5, 5.41) is 1.62. The summed E-state index contributed by atoms with van der Waals surface area (Å²) in [7, 11) is 0. The Balaban J connectivity index is 0.00000133. The largest absolute Gasteiger partial charge is 0.462 e. The Morgan fingerprint density at radius 1 is 1.21 bits per heavy atom. The molecule has 3 aromatic rings. The predicted molar refractivity (Wildman–Crippen MR) is 85.3 cm³/mol. The van der Waals surface area contributed by atoms with Gasteiger partial charge in [-0.2, -0.15) is 0 Å². The van der Waals surface area contributed by atoms with Crippen LogP contribution in [-0.2, 0) is 0 Å². The molecule has 0 N–H and O–H groups in total. The smallest absolute Gasteiger partial charge is 0.162 e. The molecule has 0 unspecified atom stereocenters. The molecule has 1 aromatic carbocycles. The lowest BCUT2D eigenvalue weighted by atomic mass is 10.1. The maximum atomic E-state index is 6.01. The van der Waals surface area contributed by atoms with Crippen LogP contribution in [0.2, 0.25) is 5.02 Å². The second kappa shape index (κ2) is 5.90. The summed E-state index contributed by atoms with van der Waals surface area (Å²) in [5.41, 5.74) is 2.00. The van der Waals surface area contributed by atoms with Crippen LogP contribution in [-0.4, -0.2) is 4.98 Å². The Kier molecular flexibility index (Phi) is 4.45. The van der Waals surface area contributed by atoms with Gasteiger partial charge in [0.25, 0.3) is 0 Å². The molecule has 19 heavy (non-hydrogen) atoms. The first-order valence-corrected chi connectivity index (χ1v) is 6.71. The van der Waals surface area contributed by atoms with Crippen molar-refractivity contribution in [3.63, 3.8) is 0 Å². The fraction of sp³-hybridized carbons (Fsp3) is 0.0714. The quantitative estimate of drug-likeness (QED) is 0.596. The van der Waals surface area contributed by atoms with Gasteiger partial charge in [-0.25, -0.2) is 4.98 Å². The van der Waals surface area contributed by atoms with Crippen molar-refractivity contribution in [3.8, 4) is 22.0 Å². The lowest BCUT2D eigenvalue weighted by molar-refractivity contribution is 0.582. The Labute approximate surface area is 130 Å². The zero-order chi connectivity index (χ0) is 12.5. The number of halogens is 2. The van der Waals surface area contributed by atoms with E-state index >= 15 is 0 Å². The van der Waals surface area contributed by atoms with Crippen LogP contribution in [0, 0.1) is 6.92 Å². The van der Waals surface area contributed by atoms with E-state index in [1.807, 2.05) is 36.4 Å². The molecule has 0 aliphatic rings. The third kappa shape index (κ3) is 2.91. The van der Waals surface area contributed by atoms with E-state index < -0.39 is 0 Å². The molecule has 5 heteroatoms. The number of hydrogen-bond donors (Lipinski definition) is 0. The molecular weight excluding hydrogens is 346 g/mol. The molecule has 0 spiro atoms. The molecule has 2 heterocycles. The van der Waals surface area contributed by atoms with E-state index in [9.17, 15) is 0 Å². The molecule has 0 atom stereocenters. The molecule has 0 saturated heterocycles. The average Bonchev–Trinajstić information content (AvgIpc) is 2.97. The van der Waals surface area contributed by atoms with Crippen LogP contribution in [0.3, 0.4) is 0 Å². The predicted octanol–water partition coefficient (Wildman–Crippen LogP) is 5.61. The van der Waals surface area contributed by atoms with E-state index in [0.29, 0.717) is 0 Å². The van der Waals surface area contributed by atoms with Gasteiger partial charge >= 0.3 is 0 Å². The minimum atomic E-state index is 0. The molecule has 0 amide bonds. The summed E-state index contributed by atoms with van der Waals surface area (Å²) in [5.74, 6) is 0.802. The Morgan fingerprint density at radius 3 is 2.74 bits per heavy atom. The number of furan rings is 1. The van der Waals surface area contributed by atoms with Crippen molar-refractivity contribution in [1.82, 2.24) is 4.98 Å². The number of aryl methyl sites for hydroxylation is 1. The van der Waals surface area contributed by atoms with Crippen molar-refractivity contribution in [2.45, 2.75) is 6.92 Å². The fourth-order valence-corrected chi connectivity index (χ4v) is 2.90. The van der Waals surface area contributed by atoms with Crippen LogP contribution in [0.1, 0.15) is 4.88 Å². The van der Waals surface area contributed by atoms with E-state index in [1.165, 1.54) is 0 Å². The molecule has 0 bridgehead atoms. The molecule has 98 valence electrons. The SMILES string of the molecule is Br.Cc1sc(-c2ccco2)nc1-c1cccc(Cl)c1. The topological polar surface area (TPSA) is 26.0 Å². The number of hydrogen-bond acceptors (Lipinski definition) is 3. The Hall–Kier alpha value is -1.10. The second-order valence-corrected chi connectivity index (χ2v) is 5.55. The first-order valence-electron chi connectivity index (χ1n) is 5.51. The van der Waals surface area contributed by atoms with E-state index in [-0.39, 0.29) is 17.0 Å². The zero-order valence-electron chi connectivity index (χ0n) is 10.1. The van der Waals surface area contributed by atoms with Crippen molar-refractivity contribution in [1.29, 1.82) is 0 Å². The minimum Gasteiger partial charge on any atom is -0.462 e. The van der Waals surface area contributed by atoms with Crippen molar-refractivity contribution in [2.75, 3.05) is 0 Å². The molecule has 0 fully saturated rings. The molecule has 0 saturated carbocycles. The number of nitrogens with zero attached hydrogens (tertiary/aromatic N) is 1. The number of rotatable bonds is 2. The van der Waals surface area contributed by atoms with Crippen LogP contribution in [0.5, 0.6) is 0 Å². The van der Waals surface area contributed by atoms with Crippen LogP contribution in [0.15, 0.2) is 47.1 Å². The molecule has 0 radical (unpaired) electrons. The van der Waals surface area contributed by atoms with Crippen molar-refractivity contribution >= 4 is 39.9 Å². The van der Waals surface area contributed by atoms with Gasteiger partial charge in [0.15, 0.2) is 10.8 Å². The maximum absolute atomic E-state index is 6.01. The van der Waals surface area contributed by atoms with Gasteiger partial charge in [-0.3, -0.25) is 0 Å². The highest BCUT2D eigenvalue weighted by atomic mass is 79.9. The Bertz CT molecular complexity index is 679. The molecule has 3 rings (SSSR count). The summed E-state index contributed by atoms with van der Waals surface area (Å²) in [6.45, 7) is 2.06. The van der Waals surface area contributed by atoms with E-state index in [2.05, 4.69) is 11.9 Å². The minimum absolute atomic E-state index is 0. The van der Waals surface area contributed by atoms with Gasteiger partial charge in [-0.05, 0) is 31.2 Å². The lowest BCUT2D eigenvalue weighted by Crippen LogP contribution is -1.80. The van der Waals surface area contributed by atoms with E-state index in [0.717, 1.165) is 31.9 Å². The second-order valence-electron chi connectivity index (χ2n) is 3.91. The van der Waals surface area contributed by atoms with Crippen LogP contribution >= 0.6 is 39.9 Å². The van der Waals surface area contributed by atoms with E-state index in [4.69, 9.17) is 16.0 Å². The van der Waals surface area contributed by atoms with Gasteiger partial charge in [-0.1, -0.05) is 23.7 Å². The van der Waals surface area contributed by atoms with Gasteiger partial charge in [0, 0.05) is 15.5 Å². The van der Waals surface area contributed by atoms with Crippen LogP contribution in [0.4, 0.5) is 0 Å². The number of benzene rings is 1. The lowest BCUT2D eigenvalue weighted by Gasteiger charge is -1.98. The van der Waals surface area contributed by atoms with Gasteiger partial charge in [0.1, 0.15) is 0 Å². The molecule has 2 nitrogen and oxygen atoms in total. The normalized spacial score (nSPS) is 10.2. The number of thiazole rings is 1. The fourth-order valence-electron chi connectivity index (χ4n) is 1.81. The van der Waals surface area contributed by atoms with Crippen molar-refractivity contribution in [3.05, 3.63) is 52.6 Å². The average molecular weight is 357 g/mol. The summed E-state index contributed by atoms with van der Waals surface area (Å²) in [6, 6.07) is 11.5. The van der Waals surface area contributed by atoms with E-state index in [1.54, 1.807) is 17.6 Å². The Morgan fingerprint density at radius 2 is 2.05 bits per heavy atom. The standard InChI is InChI=1S/C14H10ClNOS.BrH/c1-9-13(10-4-2-5-11(15)8-10)16-14(18-9)12-6-3-7-17-12;/h2-8H,1H3;1H. The van der Waals surface area contributed by atoms with Crippen LogP contribution in [0.25, 0.3) is 22.0 Å². The summed E-state index contributed by atoms with van der Waals surface area (Å²) in [6.07, 6.45) is 1.66. The van der Waals surface area contributed by atoms with Crippen molar-refractivity contribution in [2.24, 2.45) is 0 Å². The van der Waals surface area contributed by atoms with Gasteiger partial charge in [-0.15, -0.1) is 28.3 Å². The monoisotopic (exact) mass is 355 g/mol. The van der Waals surface area contributed by atoms with Gasteiger partial charge in [0.05, 0.1) is 12.0 Å². The molecule has 2 aromatic heterocycles. The van der Waals surface area contributed by atoms with Crippen molar-refractivity contribution < 1.29 is 4.42 Å². The van der Waals surface area contributed by atoms with Crippen LogP contribution < -0.4 is 0 Å². The highest BCUT2D eigenvalue weighted by Crippen LogP contribution is 2.34. The molecule has 0 aliphatic heterocycles. The summed E-state index contributed by atoms with van der Waals surface area (Å²) >= 11 is 7.64.